The van der Waals surface area contributed by atoms with E-state index in [0.717, 1.165) is 32.1 Å². The summed E-state index contributed by atoms with van der Waals surface area (Å²) in [4.78, 5) is 31.5. The Morgan fingerprint density at radius 1 is 1.17 bits per heavy atom. The largest absolute Gasteiger partial charge is 0.333 e. The summed E-state index contributed by atoms with van der Waals surface area (Å²) in [6.07, 6.45) is 4.85. The molecule has 29 heavy (non-hydrogen) atoms. The molecule has 0 saturated heterocycles. The molecule has 2 heterocycles. The van der Waals surface area contributed by atoms with E-state index in [1.807, 2.05) is 15.9 Å². The predicted molar refractivity (Wildman–Crippen MR) is 117 cm³/mol. The lowest BCUT2D eigenvalue weighted by molar-refractivity contribution is -0.145. The van der Waals surface area contributed by atoms with Gasteiger partial charge in [-0.15, -0.1) is 11.3 Å². The number of carbonyl (C=O) groups excluding carboxylic acids is 2. The summed E-state index contributed by atoms with van der Waals surface area (Å²) >= 11 is 1.78. The third-order valence-corrected chi connectivity index (χ3v) is 7.35. The lowest BCUT2D eigenvalue weighted by Gasteiger charge is -2.39. The molecule has 0 spiro atoms. The smallest absolute Gasteiger partial charge is 0.242 e. The highest BCUT2D eigenvalue weighted by Crippen LogP contribution is 2.39. The van der Waals surface area contributed by atoms with E-state index < -0.39 is 0 Å². The first-order valence-electron chi connectivity index (χ1n) is 10.8. The van der Waals surface area contributed by atoms with Crippen molar-refractivity contribution in [2.45, 2.75) is 52.0 Å². The summed E-state index contributed by atoms with van der Waals surface area (Å²) < 4.78 is 0. The second-order valence-corrected chi connectivity index (χ2v) is 9.28. The molecule has 2 aliphatic rings. The topological polar surface area (TPSA) is 40.6 Å². The summed E-state index contributed by atoms with van der Waals surface area (Å²) in [5, 5.41) is 2.13. The van der Waals surface area contributed by atoms with Crippen LogP contribution in [-0.2, 0) is 16.0 Å². The Balaban J connectivity index is 1.60. The zero-order chi connectivity index (χ0) is 20.4. The van der Waals surface area contributed by atoms with Crippen LogP contribution >= 0.6 is 11.3 Å². The van der Waals surface area contributed by atoms with Crippen molar-refractivity contribution in [3.8, 4) is 0 Å². The van der Waals surface area contributed by atoms with E-state index in [0.29, 0.717) is 13.1 Å². The number of carbonyl (C=O) groups is 2. The fourth-order valence-electron chi connectivity index (χ4n) is 4.52. The van der Waals surface area contributed by atoms with Crippen molar-refractivity contribution in [1.29, 1.82) is 0 Å². The predicted octanol–water partition coefficient (Wildman–Crippen LogP) is 4.57. The van der Waals surface area contributed by atoms with Crippen molar-refractivity contribution in [2.75, 3.05) is 19.6 Å². The molecule has 0 radical (unpaired) electrons. The van der Waals surface area contributed by atoms with Gasteiger partial charge in [-0.3, -0.25) is 9.59 Å². The molecule has 1 aliphatic carbocycles. The van der Waals surface area contributed by atoms with Gasteiger partial charge in [0.2, 0.25) is 11.8 Å². The van der Waals surface area contributed by atoms with Crippen LogP contribution in [0.4, 0.5) is 0 Å². The number of hydrogen-bond acceptors (Lipinski definition) is 3. The van der Waals surface area contributed by atoms with Crippen LogP contribution in [0.15, 0.2) is 35.7 Å². The lowest BCUT2D eigenvalue weighted by atomic mass is 9.84. The Kier molecular flexibility index (Phi) is 6.04. The van der Waals surface area contributed by atoms with E-state index in [9.17, 15) is 9.59 Å². The first kappa shape index (κ1) is 20.1. The molecule has 4 rings (SSSR count). The Morgan fingerprint density at radius 2 is 1.97 bits per heavy atom. The van der Waals surface area contributed by atoms with Crippen LogP contribution in [0.1, 0.15) is 60.2 Å². The quantitative estimate of drug-likeness (QED) is 0.700. The van der Waals surface area contributed by atoms with E-state index in [1.54, 1.807) is 11.3 Å². The molecule has 1 fully saturated rings. The minimum absolute atomic E-state index is 0.0546. The molecule has 1 aliphatic heterocycles. The average molecular weight is 411 g/mol. The number of hydrogen-bond donors (Lipinski definition) is 0. The van der Waals surface area contributed by atoms with Gasteiger partial charge < -0.3 is 9.80 Å². The fraction of sp³-hybridized carbons (Fsp3) is 0.500. The van der Waals surface area contributed by atoms with Crippen LogP contribution in [0.25, 0.3) is 0 Å². The van der Waals surface area contributed by atoms with Crippen molar-refractivity contribution in [3.05, 3.63) is 57.3 Å². The average Bonchev–Trinajstić information content (AvgIpc) is 3.15. The highest BCUT2D eigenvalue weighted by molar-refractivity contribution is 7.10. The zero-order valence-electron chi connectivity index (χ0n) is 17.4. The lowest BCUT2D eigenvalue weighted by Crippen LogP contribution is -2.48. The molecule has 2 amide bonds. The van der Waals surface area contributed by atoms with E-state index in [4.69, 9.17) is 0 Å². The number of nitrogens with zero attached hydrogens (tertiary/aromatic N) is 2. The molecule has 1 saturated carbocycles. The molecule has 1 unspecified atom stereocenters. The van der Waals surface area contributed by atoms with Gasteiger partial charge >= 0.3 is 0 Å². The Hall–Kier alpha value is -2.14. The van der Waals surface area contributed by atoms with Gasteiger partial charge in [0.1, 0.15) is 0 Å². The zero-order valence-corrected chi connectivity index (χ0v) is 18.2. The summed E-state index contributed by atoms with van der Waals surface area (Å²) in [6, 6.07) is 10.5. The van der Waals surface area contributed by atoms with Crippen LogP contribution in [0, 0.1) is 12.8 Å². The van der Waals surface area contributed by atoms with Crippen LogP contribution in [0.2, 0.25) is 0 Å². The van der Waals surface area contributed by atoms with Crippen LogP contribution in [0.3, 0.4) is 0 Å². The van der Waals surface area contributed by atoms with Crippen molar-refractivity contribution in [2.24, 2.45) is 5.92 Å². The van der Waals surface area contributed by atoms with E-state index >= 15 is 0 Å². The molecule has 0 bridgehead atoms. The SMILES string of the molecule is CCCN(CC(=O)N1CCc2sccc2C1c1ccccc1C)C(=O)C1CCC1. The van der Waals surface area contributed by atoms with Gasteiger partial charge in [-0.1, -0.05) is 37.6 Å². The Morgan fingerprint density at radius 3 is 2.66 bits per heavy atom. The second-order valence-electron chi connectivity index (χ2n) is 8.28. The molecule has 1 aromatic carbocycles. The number of thiophene rings is 1. The van der Waals surface area contributed by atoms with E-state index in [1.165, 1.54) is 21.6 Å². The van der Waals surface area contributed by atoms with Gasteiger partial charge in [-0.05, 0) is 60.7 Å². The highest BCUT2D eigenvalue weighted by atomic mass is 32.1. The molecule has 4 nitrogen and oxygen atoms in total. The van der Waals surface area contributed by atoms with Crippen molar-refractivity contribution in [1.82, 2.24) is 9.80 Å². The van der Waals surface area contributed by atoms with Gasteiger partial charge in [0.15, 0.2) is 0 Å². The van der Waals surface area contributed by atoms with Gasteiger partial charge in [0, 0.05) is 23.9 Å². The fourth-order valence-corrected chi connectivity index (χ4v) is 5.42. The number of aryl methyl sites for hydroxylation is 1. The molecule has 2 aromatic rings. The molecule has 154 valence electrons. The van der Waals surface area contributed by atoms with Gasteiger partial charge in [-0.25, -0.2) is 0 Å². The van der Waals surface area contributed by atoms with E-state index in [-0.39, 0.29) is 30.3 Å². The number of benzene rings is 1. The molecule has 1 aromatic heterocycles. The van der Waals surface area contributed by atoms with Gasteiger partial charge in [0.25, 0.3) is 0 Å². The third kappa shape index (κ3) is 3.97. The standard InChI is InChI=1S/C24H30N2O2S/c1-3-13-25(24(28)18-8-6-9-18)16-22(27)26-14-11-21-20(12-15-29-21)23(26)19-10-5-4-7-17(19)2/h4-5,7,10,12,15,18,23H,3,6,8-9,11,13-14,16H2,1-2H3. The molecule has 1 atom stereocenters. The molecule has 5 heteroatoms. The van der Waals surface area contributed by atoms with E-state index in [2.05, 4.69) is 43.5 Å². The summed E-state index contributed by atoms with van der Waals surface area (Å²) in [5.41, 5.74) is 3.63. The van der Waals surface area contributed by atoms with Crippen molar-refractivity contribution >= 4 is 23.2 Å². The first-order chi connectivity index (χ1) is 14.1. The van der Waals surface area contributed by atoms with Crippen LogP contribution in [-0.4, -0.2) is 41.2 Å². The van der Waals surface area contributed by atoms with Gasteiger partial charge in [-0.2, -0.15) is 0 Å². The minimum Gasteiger partial charge on any atom is -0.333 e. The third-order valence-electron chi connectivity index (χ3n) is 6.36. The second kappa shape index (κ2) is 8.70. The maximum absolute atomic E-state index is 13.5. The Bertz CT molecular complexity index is 887. The molecular formula is C24H30N2O2S. The maximum Gasteiger partial charge on any atom is 0.242 e. The van der Waals surface area contributed by atoms with Gasteiger partial charge in [0.05, 0.1) is 12.6 Å². The monoisotopic (exact) mass is 410 g/mol. The number of rotatable bonds is 6. The van der Waals surface area contributed by atoms with Crippen LogP contribution < -0.4 is 0 Å². The molecular weight excluding hydrogens is 380 g/mol. The summed E-state index contributed by atoms with van der Waals surface area (Å²) in [7, 11) is 0. The van der Waals surface area contributed by atoms with Crippen molar-refractivity contribution in [3.63, 3.8) is 0 Å². The van der Waals surface area contributed by atoms with Crippen molar-refractivity contribution < 1.29 is 9.59 Å². The number of fused-ring (bicyclic) bond motifs is 1. The highest BCUT2D eigenvalue weighted by Gasteiger charge is 2.36. The maximum atomic E-state index is 13.5. The first-order valence-corrected chi connectivity index (χ1v) is 11.7. The minimum atomic E-state index is -0.0546. The summed E-state index contributed by atoms with van der Waals surface area (Å²) in [5.74, 6) is 0.370. The summed E-state index contributed by atoms with van der Waals surface area (Å²) in [6.45, 7) is 5.75. The normalized spacial score (nSPS) is 18.8. The van der Waals surface area contributed by atoms with Crippen LogP contribution in [0.5, 0.6) is 0 Å². The number of amides is 2. The Labute approximate surface area is 177 Å². The molecule has 0 N–H and O–H groups in total.